The van der Waals surface area contributed by atoms with E-state index in [1.165, 1.54) is 0 Å². The third kappa shape index (κ3) is 1.46. The number of ether oxygens (including phenoxy) is 1. The molecule has 0 bridgehead atoms. The highest BCUT2D eigenvalue weighted by atomic mass is 16.5. The van der Waals surface area contributed by atoms with E-state index in [9.17, 15) is 0 Å². The molecular formula is C10H10N3O. The maximum atomic E-state index is 5.16. The Bertz CT molecular complexity index is 423. The van der Waals surface area contributed by atoms with E-state index in [-0.39, 0.29) is 0 Å². The van der Waals surface area contributed by atoms with Crippen molar-refractivity contribution in [3.05, 3.63) is 36.3 Å². The zero-order chi connectivity index (χ0) is 9.97. The quantitative estimate of drug-likeness (QED) is 0.714. The van der Waals surface area contributed by atoms with E-state index >= 15 is 0 Å². The molecule has 0 aliphatic carbocycles. The second-order valence-electron chi connectivity index (χ2n) is 2.87. The first-order valence-corrected chi connectivity index (χ1v) is 4.25. The summed E-state index contributed by atoms with van der Waals surface area (Å²) in [5, 5.41) is 4.00. The van der Waals surface area contributed by atoms with Gasteiger partial charge in [0.1, 0.15) is 11.9 Å². The van der Waals surface area contributed by atoms with Gasteiger partial charge in [0.2, 0.25) is 5.88 Å². The Kier molecular flexibility index (Phi) is 2.18. The first-order chi connectivity index (χ1) is 6.81. The van der Waals surface area contributed by atoms with Crippen LogP contribution in [-0.4, -0.2) is 21.9 Å². The Morgan fingerprint density at radius 2 is 2.29 bits per heavy atom. The molecule has 0 unspecified atom stereocenters. The minimum atomic E-state index is 0.571. The highest BCUT2D eigenvalue weighted by molar-refractivity contribution is 5.41. The molecule has 2 heterocycles. The maximum Gasteiger partial charge on any atom is 0.239 e. The summed E-state index contributed by atoms with van der Waals surface area (Å²) < 4.78 is 6.84. The number of hydrogen-bond acceptors (Lipinski definition) is 3. The summed E-state index contributed by atoms with van der Waals surface area (Å²) in [4.78, 5) is 4.25. The second kappa shape index (κ2) is 3.49. The minimum Gasteiger partial charge on any atom is -0.479 e. The van der Waals surface area contributed by atoms with E-state index in [0.29, 0.717) is 5.88 Å². The van der Waals surface area contributed by atoms with Crippen LogP contribution in [0.3, 0.4) is 0 Å². The molecule has 0 saturated carbocycles. The van der Waals surface area contributed by atoms with Gasteiger partial charge in [-0.2, -0.15) is 5.10 Å². The molecule has 2 aromatic rings. The van der Waals surface area contributed by atoms with Gasteiger partial charge in [-0.05, 0) is 25.1 Å². The van der Waals surface area contributed by atoms with Crippen LogP contribution < -0.4 is 4.74 Å². The van der Waals surface area contributed by atoms with Crippen LogP contribution in [-0.2, 0) is 0 Å². The van der Waals surface area contributed by atoms with Crippen LogP contribution in [0.4, 0.5) is 0 Å². The molecule has 2 rings (SSSR count). The summed E-state index contributed by atoms with van der Waals surface area (Å²) in [5.74, 6) is 0.571. The van der Waals surface area contributed by atoms with Crippen LogP contribution in [0.15, 0.2) is 24.4 Å². The summed E-state index contributed by atoms with van der Waals surface area (Å²) in [5.41, 5.74) is 1.74. The SMILES string of the molecule is COc1nc(C)ccc1-n1cc[c]n1. The third-order valence-electron chi connectivity index (χ3n) is 1.88. The summed E-state index contributed by atoms with van der Waals surface area (Å²) in [6.45, 7) is 1.92. The Hall–Kier alpha value is -1.84. The van der Waals surface area contributed by atoms with Crippen molar-refractivity contribution in [1.29, 1.82) is 0 Å². The fourth-order valence-corrected chi connectivity index (χ4v) is 1.22. The molecule has 0 amide bonds. The van der Waals surface area contributed by atoms with Crippen molar-refractivity contribution in [2.24, 2.45) is 0 Å². The molecule has 0 aliphatic rings. The number of hydrogen-bond donors (Lipinski definition) is 0. The summed E-state index contributed by atoms with van der Waals surface area (Å²) in [7, 11) is 1.60. The molecule has 0 aromatic carbocycles. The number of aryl methyl sites for hydroxylation is 1. The predicted molar refractivity (Wildman–Crippen MR) is 51.5 cm³/mol. The van der Waals surface area contributed by atoms with Crippen molar-refractivity contribution < 1.29 is 4.74 Å². The molecule has 0 aliphatic heterocycles. The van der Waals surface area contributed by atoms with Gasteiger partial charge in [-0.1, -0.05) is 0 Å². The van der Waals surface area contributed by atoms with Gasteiger partial charge in [-0.15, -0.1) is 0 Å². The fourth-order valence-electron chi connectivity index (χ4n) is 1.22. The van der Waals surface area contributed by atoms with Gasteiger partial charge in [0.25, 0.3) is 0 Å². The molecule has 0 fully saturated rings. The fraction of sp³-hybridized carbons (Fsp3) is 0.200. The monoisotopic (exact) mass is 188 g/mol. The number of aromatic nitrogens is 3. The van der Waals surface area contributed by atoms with Crippen molar-refractivity contribution in [3.8, 4) is 11.6 Å². The third-order valence-corrected chi connectivity index (χ3v) is 1.88. The molecule has 0 saturated heterocycles. The average molecular weight is 188 g/mol. The molecule has 4 nitrogen and oxygen atoms in total. The van der Waals surface area contributed by atoms with E-state index in [1.54, 1.807) is 24.1 Å². The van der Waals surface area contributed by atoms with Gasteiger partial charge in [0, 0.05) is 11.9 Å². The van der Waals surface area contributed by atoms with Crippen LogP contribution >= 0.6 is 0 Å². The van der Waals surface area contributed by atoms with Gasteiger partial charge in [-0.25, -0.2) is 9.67 Å². The largest absolute Gasteiger partial charge is 0.479 e. The van der Waals surface area contributed by atoms with Crippen LogP contribution in [0.5, 0.6) is 5.88 Å². The van der Waals surface area contributed by atoms with Crippen molar-refractivity contribution in [2.75, 3.05) is 7.11 Å². The zero-order valence-corrected chi connectivity index (χ0v) is 8.06. The number of rotatable bonds is 2. The van der Waals surface area contributed by atoms with Crippen LogP contribution in [0.2, 0.25) is 0 Å². The van der Waals surface area contributed by atoms with Gasteiger partial charge in [-0.3, -0.25) is 0 Å². The molecule has 14 heavy (non-hydrogen) atoms. The smallest absolute Gasteiger partial charge is 0.239 e. The maximum absolute atomic E-state index is 5.16. The first-order valence-electron chi connectivity index (χ1n) is 4.25. The molecule has 4 heteroatoms. The standard InChI is InChI=1S/C10H10N3O/c1-8-4-5-9(10(12-8)14-2)13-7-3-6-11-13/h3-5,7H,1-2H3. The lowest BCUT2D eigenvalue weighted by molar-refractivity contribution is 0.394. The molecule has 0 spiro atoms. The molecular weight excluding hydrogens is 178 g/mol. The molecule has 0 atom stereocenters. The van der Waals surface area contributed by atoms with Crippen LogP contribution in [0.1, 0.15) is 5.69 Å². The normalized spacial score (nSPS) is 10.1. The molecule has 0 N–H and O–H groups in total. The van der Waals surface area contributed by atoms with E-state index in [2.05, 4.69) is 16.3 Å². The highest BCUT2D eigenvalue weighted by Crippen LogP contribution is 2.18. The van der Waals surface area contributed by atoms with E-state index in [4.69, 9.17) is 4.74 Å². The molecule has 2 aromatic heterocycles. The lowest BCUT2D eigenvalue weighted by atomic mass is 10.3. The van der Waals surface area contributed by atoms with E-state index in [1.807, 2.05) is 19.1 Å². The highest BCUT2D eigenvalue weighted by Gasteiger charge is 2.06. The van der Waals surface area contributed by atoms with Crippen molar-refractivity contribution in [3.63, 3.8) is 0 Å². The van der Waals surface area contributed by atoms with Crippen molar-refractivity contribution in [2.45, 2.75) is 6.92 Å². The molecule has 71 valence electrons. The van der Waals surface area contributed by atoms with Crippen molar-refractivity contribution >= 4 is 0 Å². The number of nitrogens with zero attached hydrogens (tertiary/aromatic N) is 3. The van der Waals surface area contributed by atoms with E-state index < -0.39 is 0 Å². The summed E-state index contributed by atoms with van der Waals surface area (Å²) in [6.07, 6.45) is 4.52. The first kappa shape index (κ1) is 8.74. The minimum absolute atomic E-state index is 0.571. The van der Waals surface area contributed by atoms with Gasteiger partial charge in [0.05, 0.1) is 7.11 Å². The summed E-state index contributed by atoms with van der Waals surface area (Å²) in [6, 6.07) is 5.57. The topological polar surface area (TPSA) is 39.9 Å². The molecule has 1 radical (unpaired) electrons. The lowest BCUT2D eigenvalue weighted by Gasteiger charge is -2.07. The van der Waals surface area contributed by atoms with Crippen LogP contribution in [0, 0.1) is 13.1 Å². The predicted octanol–water partition coefficient (Wildman–Crippen LogP) is 1.38. The second-order valence-corrected chi connectivity index (χ2v) is 2.87. The van der Waals surface area contributed by atoms with Gasteiger partial charge in [0.15, 0.2) is 0 Å². The average Bonchev–Trinajstić information content (AvgIpc) is 2.70. The zero-order valence-electron chi connectivity index (χ0n) is 8.06. The Balaban J connectivity index is 2.53. The van der Waals surface area contributed by atoms with E-state index in [0.717, 1.165) is 11.4 Å². The van der Waals surface area contributed by atoms with Crippen molar-refractivity contribution in [1.82, 2.24) is 14.8 Å². The lowest BCUT2D eigenvalue weighted by Crippen LogP contribution is -2.01. The Morgan fingerprint density at radius 1 is 1.43 bits per heavy atom. The summed E-state index contributed by atoms with van der Waals surface area (Å²) >= 11 is 0. The van der Waals surface area contributed by atoms with Crippen LogP contribution in [0.25, 0.3) is 5.69 Å². The Labute approximate surface area is 82.2 Å². The van der Waals surface area contributed by atoms with Gasteiger partial charge >= 0.3 is 0 Å². The Morgan fingerprint density at radius 3 is 2.93 bits per heavy atom. The number of methoxy groups -OCH3 is 1. The van der Waals surface area contributed by atoms with Gasteiger partial charge < -0.3 is 4.74 Å². The number of pyridine rings is 1.